The summed E-state index contributed by atoms with van der Waals surface area (Å²) in [6.07, 6.45) is 0. The minimum atomic E-state index is -3.68. The lowest BCUT2D eigenvalue weighted by Crippen LogP contribution is -2.21. The second-order valence-corrected chi connectivity index (χ2v) is 6.04. The van der Waals surface area contributed by atoms with Gasteiger partial charge in [-0.05, 0) is 24.1 Å². The van der Waals surface area contributed by atoms with E-state index in [4.69, 9.17) is 5.11 Å². The SMILES string of the molecule is CC(C)CS(=O)(=O)Nc1cc(C(=O)O)ccc1F. The number of rotatable bonds is 5. The highest BCUT2D eigenvalue weighted by Crippen LogP contribution is 2.18. The molecule has 0 atom stereocenters. The van der Waals surface area contributed by atoms with Crippen molar-refractivity contribution in [3.8, 4) is 0 Å². The van der Waals surface area contributed by atoms with E-state index in [1.54, 1.807) is 13.8 Å². The predicted molar refractivity (Wildman–Crippen MR) is 65.6 cm³/mol. The molecule has 0 aromatic heterocycles. The van der Waals surface area contributed by atoms with Gasteiger partial charge in [-0.2, -0.15) is 0 Å². The first-order chi connectivity index (χ1) is 8.21. The van der Waals surface area contributed by atoms with E-state index < -0.39 is 21.8 Å². The Morgan fingerprint density at radius 1 is 1.44 bits per heavy atom. The Morgan fingerprint density at radius 2 is 2.06 bits per heavy atom. The normalized spacial score (nSPS) is 11.6. The minimum absolute atomic E-state index is 0.117. The molecular weight excluding hydrogens is 261 g/mol. The van der Waals surface area contributed by atoms with Gasteiger partial charge in [-0.25, -0.2) is 17.6 Å². The highest BCUT2D eigenvalue weighted by Gasteiger charge is 2.16. The third kappa shape index (κ3) is 3.99. The van der Waals surface area contributed by atoms with Gasteiger partial charge in [-0.3, -0.25) is 4.72 Å². The Bertz CT molecular complexity index is 554. The summed E-state index contributed by atoms with van der Waals surface area (Å²) in [5.74, 6) is -2.34. The summed E-state index contributed by atoms with van der Waals surface area (Å²) in [6.45, 7) is 3.42. The van der Waals surface area contributed by atoms with Crippen LogP contribution in [0.5, 0.6) is 0 Å². The highest BCUT2D eigenvalue weighted by atomic mass is 32.2. The number of benzene rings is 1. The number of carboxylic acids is 1. The molecule has 0 aliphatic carbocycles. The molecular formula is C11H14FNO4S. The average molecular weight is 275 g/mol. The van der Waals surface area contributed by atoms with E-state index in [1.807, 2.05) is 4.72 Å². The second-order valence-electron chi connectivity index (χ2n) is 4.28. The summed E-state index contributed by atoms with van der Waals surface area (Å²) in [6, 6.07) is 2.93. The van der Waals surface area contributed by atoms with Crippen molar-refractivity contribution in [3.05, 3.63) is 29.6 Å². The van der Waals surface area contributed by atoms with Gasteiger partial charge in [-0.15, -0.1) is 0 Å². The van der Waals surface area contributed by atoms with Gasteiger partial charge >= 0.3 is 5.97 Å². The van der Waals surface area contributed by atoms with Crippen LogP contribution in [0.3, 0.4) is 0 Å². The smallest absolute Gasteiger partial charge is 0.335 e. The lowest BCUT2D eigenvalue weighted by Gasteiger charge is -2.11. The standard InChI is InChI=1S/C11H14FNO4S/c1-7(2)6-18(16,17)13-10-5-8(11(14)15)3-4-9(10)12/h3-5,7,13H,6H2,1-2H3,(H,14,15). The van der Waals surface area contributed by atoms with Gasteiger partial charge in [0.2, 0.25) is 10.0 Å². The van der Waals surface area contributed by atoms with E-state index >= 15 is 0 Å². The van der Waals surface area contributed by atoms with Crippen molar-refractivity contribution in [1.29, 1.82) is 0 Å². The molecule has 0 heterocycles. The molecule has 0 amide bonds. The van der Waals surface area contributed by atoms with Crippen LogP contribution in [0.25, 0.3) is 0 Å². The van der Waals surface area contributed by atoms with E-state index in [2.05, 4.69) is 0 Å². The fourth-order valence-electron chi connectivity index (χ4n) is 1.38. The van der Waals surface area contributed by atoms with Crippen LogP contribution in [0.4, 0.5) is 10.1 Å². The van der Waals surface area contributed by atoms with Gasteiger partial charge in [0.05, 0.1) is 17.0 Å². The first kappa shape index (κ1) is 14.4. The van der Waals surface area contributed by atoms with Crippen molar-refractivity contribution in [3.63, 3.8) is 0 Å². The molecule has 100 valence electrons. The first-order valence-electron chi connectivity index (χ1n) is 5.24. The molecule has 0 saturated carbocycles. The zero-order valence-electron chi connectivity index (χ0n) is 9.97. The molecule has 0 bridgehead atoms. The number of aromatic carboxylic acids is 1. The van der Waals surface area contributed by atoms with Gasteiger partial charge < -0.3 is 5.11 Å². The van der Waals surface area contributed by atoms with Crippen molar-refractivity contribution in [2.45, 2.75) is 13.8 Å². The fraction of sp³-hybridized carbons (Fsp3) is 0.364. The van der Waals surface area contributed by atoms with Crippen LogP contribution in [0.15, 0.2) is 18.2 Å². The summed E-state index contributed by atoms with van der Waals surface area (Å²) in [4.78, 5) is 10.7. The predicted octanol–water partition coefficient (Wildman–Crippen LogP) is 1.92. The molecule has 0 unspecified atom stereocenters. The number of nitrogens with one attached hydrogen (secondary N) is 1. The minimum Gasteiger partial charge on any atom is -0.478 e. The monoisotopic (exact) mass is 275 g/mol. The van der Waals surface area contributed by atoms with Crippen LogP contribution in [0.2, 0.25) is 0 Å². The molecule has 0 aliphatic rings. The van der Waals surface area contributed by atoms with Crippen molar-refractivity contribution in [2.75, 3.05) is 10.5 Å². The quantitative estimate of drug-likeness (QED) is 0.860. The number of carbonyl (C=O) groups is 1. The molecule has 0 aliphatic heterocycles. The van der Waals surface area contributed by atoms with Crippen LogP contribution in [-0.4, -0.2) is 25.2 Å². The van der Waals surface area contributed by atoms with Crippen molar-refractivity contribution in [2.24, 2.45) is 5.92 Å². The van der Waals surface area contributed by atoms with Crippen LogP contribution in [-0.2, 0) is 10.0 Å². The lowest BCUT2D eigenvalue weighted by molar-refractivity contribution is 0.0697. The van der Waals surface area contributed by atoms with E-state index in [0.717, 1.165) is 18.2 Å². The van der Waals surface area contributed by atoms with E-state index in [9.17, 15) is 17.6 Å². The van der Waals surface area contributed by atoms with Gasteiger partial charge in [-0.1, -0.05) is 13.8 Å². The molecule has 0 fully saturated rings. The Hall–Kier alpha value is -1.63. The van der Waals surface area contributed by atoms with E-state index in [0.29, 0.717) is 0 Å². The van der Waals surface area contributed by atoms with Gasteiger partial charge in [0.15, 0.2) is 0 Å². The zero-order chi connectivity index (χ0) is 13.9. The molecule has 0 radical (unpaired) electrons. The summed E-state index contributed by atoms with van der Waals surface area (Å²) >= 11 is 0. The zero-order valence-corrected chi connectivity index (χ0v) is 10.8. The van der Waals surface area contributed by atoms with Crippen molar-refractivity contribution >= 4 is 21.7 Å². The summed E-state index contributed by atoms with van der Waals surface area (Å²) in [7, 11) is -3.68. The third-order valence-electron chi connectivity index (χ3n) is 2.03. The van der Waals surface area contributed by atoms with Crippen LogP contribution >= 0.6 is 0 Å². The largest absolute Gasteiger partial charge is 0.478 e. The molecule has 5 nitrogen and oxygen atoms in total. The Balaban J connectivity index is 3.04. The summed E-state index contributed by atoms with van der Waals surface area (Å²) in [5, 5.41) is 8.74. The molecule has 0 saturated heterocycles. The topological polar surface area (TPSA) is 83.5 Å². The van der Waals surface area contributed by atoms with Crippen molar-refractivity contribution in [1.82, 2.24) is 0 Å². The second kappa shape index (κ2) is 5.34. The molecule has 1 aromatic carbocycles. The number of anilines is 1. The van der Waals surface area contributed by atoms with Crippen LogP contribution in [0, 0.1) is 11.7 Å². The lowest BCUT2D eigenvalue weighted by atomic mass is 10.2. The van der Waals surface area contributed by atoms with Gasteiger partial charge in [0, 0.05) is 0 Å². The molecule has 1 rings (SSSR count). The molecule has 2 N–H and O–H groups in total. The van der Waals surface area contributed by atoms with Crippen LogP contribution in [0.1, 0.15) is 24.2 Å². The molecule has 1 aromatic rings. The highest BCUT2D eigenvalue weighted by molar-refractivity contribution is 7.92. The van der Waals surface area contributed by atoms with Crippen LogP contribution < -0.4 is 4.72 Å². The maximum Gasteiger partial charge on any atom is 0.335 e. The van der Waals surface area contributed by atoms with Crippen molar-refractivity contribution < 1.29 is 22.7 Å². The Morgan fingerprint density at radius 3 is 2.56 bits per heavy atom. The molecule has 0 spiro atoms. The number of carboxylic acid groups (broad SMARTS) is 1. The maximum atomic E-state index is 13.4. The maximum absolute atomic E-state index is 13.4. The number of sulfonamides is 1. The molecule has 18 heavy (non-hydrogen) atoms. The third-order valence-corrected chi connectivity index (χ3v) is 3.67. The average Bonchev–Trinajstić information content (AvgIpc) is 2.18. The molecule has 7 heteroatoms. The first-order valence-corrected chi connectivity index (χ1v) is 6.90. The summed E-state index contributed by atoms with van der Waals surface area (Å²) < 4.78 is 38.7. The Labute approximate surface area is 105 Å². The summed E-state index contributed by atoms with van der Waals surface area (Å²) in [5.41, 5.74) is -0.533. The number of hydrogen-bond acceptors (Lipinski definition) is 3. The van der Waals surface area contributed by atoms with E-state index in [1.165, 1.54) is 0 Å². The number of hydrogen-bond donors (Lipinski definition) is 2. The van der Waals surface area contributed by atoms with E-state index in [-0.39, 0.29) is 22.9 Å². The van der Waals surface area contributed by atoms with Gasteiger partial charge in [0.25, 0.3) is 0 Å². The number of halogens is 1. The Kier molecular flexibility index (Phi) is 4.28. The van der Waals surface area contributed by atoms with Gasteiger partial charge in [0.1, 0.15) is 5.82 Å². The fourth-order valence-corrected chi connectivity index (χ4v) is 2.84.